The zero-order chi connectivity index (χ0) is 13.3. The molecule has 1 rings (SSSR count). The van der Waals surface area contributed by atoms with Gasteiger partial charge in [0.05, 0.1) is 16.7 Å². The summed E-state index contributed by atoms with van der Waals surface area (Å²) in [4.78, 5) is 33.6. The molecule has 2 N–H and O–H groups in total. The lowest BCUT2D eigenvalue weighted by Crippen LogP contribution is -2.07. The Morgan fingerprint density at radius 3 is 1.88 bits per heavy atom. The fourth-order valence-electron chi connectivity index (χ4n) is 1.51. The van der Waals surface area contributed by atoms with Crippen molar-refractivity contribution in [3.8, 4) is 11.5 Å². The summed E-state index contributed by atoms with van der Waals surface area (Å²) in [6, 6.07) is 0.855. The molecule has 90 valence electrons. The number of hydrogen-bond acceptors (Lipinski definition) is 5. The molecule has 17 heavy (non-hydrogen) atoms. The minimum atomic E-state index is -1.03. The van der Waals surface area contributed by atoms with Crippen molar-refractivity contribution in [2.45, 2.75) is 13.8 Å². The van der Waals surface area contributed by atoms with E-state index in [9.17, 15) is 24.6 Å². The average molecular weight is 257 g/mol. The summed E-state index contributed by atoms with van der Waals surface area (Å²) < 4.78 is 0. The predicted molar refractivity (Wildman–Crippen MR) is 60.0 cm³/mol. The highest BCUT2D eigenvalue weighted by Crippen LogP contribution is 2.34. The number of phenols is 2. The van der Waals surface area contributed by atoms with Gasteiger partial charge >= 0.3 is 0 Å². The third-order valence-corrected chi connectivity index (χ3v) is 2.40. The molecular weight excluding hydrogens is 248 g/mol. The Bertz CT molecular complexity index is 533. The summed E-state index contributed by atoms with van der Waals surface area (Å²) in [6.07, 6.45) is 0. The highest BCUT2D eigenvalue weighted by atomic mass is 35.5. The van der Waals surface area contributed by atoms with Crippen LogP contribution in [0.4, 0.5) is 0 Å². The first-order chi connectivity index (χ1) is 7.77. The zero-order valence-electron chi connectivity index (χ0n) is 9.07. The highest BCUT2D eigenvalue weighted by molar-refractivity contribution is 6.68. The molecule has 0 aromatic heterocycles. The predicted octanol–water partition coefficient (Wildman–Crippen LogP) is 1.88. The number of benzene rings is 1. The lowest BCUT2D eigenvalue weighted by atomic mass is 9.96. The first-order valence-electron chi connectivity index (χ1n) is 4.58. The van der Waals surface area contributed by atoms with Crippen LogP contribution in [0.25, 0.3) is 0 Å². The molecule has 0 aliphatic rings. The largest absolute Gasteiger partial charge is 0.507 e. The SMILES string of the molecule is CC(=O)c1c(O)cc(C(=O)Cl)c(O)c1C(C)=O. The molecule has 0 heterocycles. The molecule has 0 unspecified atom stereocenters. The third kappa shape index (κ3) is 2.29. The number of hydrogen-bond donors (Lipinski definition) is 2. The van der Waals surface area contributed by atoms with Gasteiger partial charge in [0.25, 0.3) is 5.24 Å². The highest BCUT2D eigenvalue weighted by Gasteiger charge is 2.25. The van der Waals surface area contributed by atoms with Crippen LogP contribution in [-0.4, -0.2) is 27.0 Å². The van der Waals surface area contributed by atoms with Gasteiger partial charge in [-0.3, -0.25) is 14.4 Å². The minimum Gasteiger partial charge on any atom is -0.507 e. The molecular formula is C11H9ClO5. The van der Waals surface area contributed by atoms with Crippen molar-refractivity contribution in [1.82, 2.24) is 0 Å². The molecule has 5 nitrogen and oxygen atoms in total. The topological polar surface area (TPSA) is 91.7 Å². The van der Waals surface area contributed by atoms with E-state index in [0.29, 0.717) is 0 Å². The number of carbonyl (C=O) groups is 3. The summed E-state index contributed by atoms with van der Waals surface area (Å²) in [5.74, 6) is -2.51. The Morgan fingerprint density at radius 2 is 1.53 bits per heavy atom. The van der Waals surface area contributed by atoms with Gasteiger partial charge in [-0.2, -0.15) is 0 Å². The number of halogens is 1. The Balaban J connectivity index is 3.78. The monoisotopic (exact) mass is 256 g/mol. The quantitative estimate of drug-likeness (QED) is 0.489. The van der Waals surface area contributed by atoms with Gasteiger partial charge in [-0.1, -0.05) is 0 Å². The van der Waals surface area contributed by atoms with E-state index in [1.54, 1.807) is 0 Å². The maximum absolute atomic E-state index is 11.3. The van der Waals surface area contributed by atoms with Gasteiger partial charge in [0.15, 0.2) is 11.6 Å². The number of Topliss-reactive ketones (excluding diaryl/α,β-unsaturated/α-hetero) is 2. The number of carbonyl (C=O) groups excluding carboxylic acids is 3. The molecule has 0 aliphatic heterocycles. The van der Waals surface area contributed by atoms with Crippen molar-refractivity contribution < 1.29 is 24.6 Å². The van der Waals surface area contributed by atoms with Crippen molar-refractivity contribution in [3.63, 3.8) is 0 Å². The number of aromatic hydroxyl groups is 2. The van der Waals surface area contributed by atoms with E-state index in [1.807, 2.05) is 0 Å². The first-order valence-corrected chi connectivity index (χ1v) is 4.95. The standard InChI is InChI=1S/C11H9ClO5/c1-4(13)8-7(15)3-6(11(12)17)10(16)9(8)5(2)14/h3,15-16H,1-2H3. The summed E-state index contributed by atoms with van der Waals surface area (Å²) >= 11 is 5.18. The van der Waals surface area contributed by atoms with E-state index in [0.717, 1.165) is 19.9 Å². The molecule has 0 saturated heterocycles. The second-order valence-corrected chi connectivity index (χ2v) is 3.77. The van der Waals surface area contributed by atoms with Crippen molar-refractivity contribution in [2.24, 2.45) is 0 Å². The van der Waals surface area contributed by atoms with Crippen molar-refractivity contribution in [2.75, 3.05) is 0 Å². The van der Waals surface area contributed by atoms with Gasteiger partial charge < -0.3 is 10.2 Å². The van der Waals surface area contributed by atoms with Gasteiger partial charge in [-0.15, -0.1) is 0 Å². The third-order valence-electron chi connectivity index (χ3n) is 2.20. The smallest absolute Gasteiger partial charge is 0.256 e. The zero-order valence-corrected chi connectivity index (χ0v) is 9.83. The van der Waals surface area contributed by atoms with E-state index in [2.05, 4.69) is 0 Å². The summed E-state index contributed by atoms with van der Waals surface area (Å²) in [7, 11) is 0. The average Bonchev–Trinajstić information content (AvgIpc) is 2.18. The van der Waals surface area contributed by atoms with Gasteiger partial charge in [-0.05, 0) is 31.5 Å². The molecule has 0 radical (unpaired) electrons. The molecule has 1 aromatic carbocycles. The molecule has 0 spiro atoms. The lowest BCUT2D eigenvalue weighted by molar-refractivity contribution is 0.0974. The minimum absolute atomic E-state index is 0.323. The fourth-order valence-corrected chi connectivity index (χ4v) is 1.65. The Hall–Kier alpha value is -1.88. The van der Waals surface area contributed by atoms with Crippen LogP contribution < -0.4 is 0 Å². The normalized spacial score (nSPS) is 10.1. The van der Waals surface area contributed by atoms with Gasteiger partial charge in [0.1, 0.15) is 11.5 Å². The van der Waals surface area contributed by atoms with E-state index in [4.69, 9.17) is 11.6 Å². The van der Waals surface area contributed by atoms with Crippen molar-refractivity contribution in [1.29, 1.82) is 0 Å². The van der Waals surface area contributed by atoms with Crippen LogP contribution in [-0.2, 0) is 0 Å². The van der Waals surface area contributed by atoms with E-state index >= 15 is 0 Å². The van der Waals surface area contributed by atoms with Crippen LogP contribution in [0.3, 0.4) is 0 Å². The van der Waals surface area contributed by atoms with E-state index < -0.39 is 39.4 Å². The molecule has 0 saturated carbocycles. The van der Waals surface area contributed by atoms with Gasteiger partial charge in [0, 0.05) is 0 Å². The van der Waals surface area contributed by atoms with Crippen molar-refractivity contribution in [3.05, 3.63) is 22.8 Å². The molecule has 0 amide bonds. The number of ketones is 2. The second kappa shape index (κ2) is 4.55. The molecule has 0 bridgehead atoms. The van der Waals surface area contributed by atoms with Crippen LogP contribution in [0.15, 0.2) is 6.07 Å². The first kappa shape index (κ1) is 13.2. The summed E-state index contributed by atoms with van der Waals surface area (Å²) in [5, 5.41) is 18.2. The van der Waals surface area contributed by atoms with E-state index in [1.165, 1.54) is 0 Å². The van der Waals surface area contributed by atoms with Gasteiger partial charge in [0.2, 0.25) is 0 Å². The summed E-state index contributed by atoms with van der Waals surface area (Å²) in [5.41, 5.74) is -1.14. The number of rotatable bonds is 3. The molecule has 1 aromatic rings. The maximum Gasteiger partial charge on any atom is 0.256 e. The molecule has 0 aliphatic carbocycles. The Kier molecular flexibility index (Phi) is 3.53. The Morgan fingerprint density at radius 1 is 1.06 bits per heavy atom. The summed E-state index contributed by atoms with van der Waals surface area (Å²) in [6.45, 7) is 2.23. The fraction of sp³-hybridized carbons (Fsp3) is 0.182. The van der Waals surface area contributed by atoms with Crippen LogP contribution >= 0.6 is 11.6 Å². The second-order valence-electron chi connectivity index (χ2n) is 3.43. The van der Waals surface area contributed by atoms with Gasteiger partial charge in [-0.25, -0.2) is 0 Å². The molecule has 0 fully saturated rings. The maximum atomic E-state index is 11.3. The van der Waals surface area contributed by atoms with E-state index in [-0.39, 0.29) is 5.56 Å². The Labute approximate surface area is 102 Å². The van der Waals surface area contributed by atoms with Crippen LogP contribution in [0.1, 0.15) is 44.9 Å². The molecule has 6 heteroatoms. The number of phenolic OH excluding ortho intramolecular Hbond substituents is 2. The van der Waals surface area contributed by atoms with Crippen LogP contribution in [0.5, 0.6) is 11.5 Å². The van der Waals surface area contributed by atoms with Crippen LogP contribution in [0.2, 0.25) is 0 Å². The lowest BCUT2D eigenvalue weighted by Gasteiger charge is -2.11. The van der Waals surface area contributed by atoms with Crippen LogP contribution in [0, 0.1) is 0 Å². The molecule has 0 atom stereocenters. The van der Waals surface area contributed by atoms with Crippen molar-refractivity contribution >= 4 is 28.4 Å².